The first-order valence-corrected chi connectivity index (χ1v) is 8.70. The minimum atomic E-state index is -0.545. The van der Waals surface area contributed by atoms with Gasteiger partial charge in [0.15, 0.2) is 21.7 Å². The molecule has 1 aromatic carbocycles. The minimum absolute atomic E-state index is 0.0993. The second kappa shape index (κ2) is 7.27. The van der Waals surface area contributed by atoms with Crippen molar-refractivity contribution in [2.75, 3.05) is 18.2 Å². The van der Waals surface area contributed by atoms with E-state index in [9.17, 15) is 9.18 Å². The molecule has 0 spiro atoms. The SMILES string of the molecule is COc1ccc(C(=O)CSc2nnc(NC(C)(C)C)s2)cc1F. The number of ether oxygens (including phenoxy) is 1. The Morgan fingerprint density at radius 3 is 2.74 bits per heavy atom. The van der Waals surface area contributed by atoms with E-state index < -0.39 is 5.82 Å². The lowest BCUT2D eigenvalue weighted by molar-refractivity contribution is 0.102. The Hall–Kier alpha value is -1.67. The largest absolute Gasteiger partial charge is 0.494 e. The summed E-state index contributed by atoms with van der Waals surface area (Å²) in [4.78, 5) is 12.1. The number of carbonyl (C=O) groups excluding carboxylic acids is 1. The van der Waals surface area contributed by atoms with Gasteiger partial charge >= 0.3 is 0 Å². The van der Waals surface area contributed by atoms with Gasteiger partial charge in [0, 0.05) is 11.1 Å². The van der Waals surface area contributed by atoms with Gasteiger partial charge in [-0.2, -0.15) is 0 Å². The summed E-state index contributed by atoms with van der Waals surface area (Å²) in [5.74, 6) is -0.417. The molecular formula is C15H18FN3O2S2. The van der Waals surface area contributed by atoms with Crippen LogP contribution in [0.3, 0.4) is 0 Å². The zero-order valence-electron chi connectivity index (χ0n) is 13.3. The van der Waals surface area contributed by atoms with Crippen LogP contribution in [0.1, 0.15) is 31.1 Å². The Morgan fingerprint density at radius 2 is 2.13 bits per heavy atom. The van der Waals surface area contributed by atoms with Crippen LogP contribution in [-0.4, -0.2) is 34.4 Å². The summed E-state index contributed by atoms with van der Waals surface area (Å²) in [7, 11) is 1.38. The number of aromatic nitrogens is 2. The van der Waals surface area contributed by atoms with Gasteiger partial charge in [-0.3, -0.25) is 4.79 Å². The van der Waals surface area contributed by atoms with Crippen LogP contribution < -0.4 is 10.1 Å². The molecule has 0 aliphatic rings. The molecule has 5 nitrogen and oxygen atoms in total. The summed E-state index contributed by atoms with van der Waals surface area (Å²) in [5, 5.41) is 12.0. The quantitative estimate of drug-likeness (QED) is 0.627. The number of thioether (sulfide) groups is 1. The van der Waals surface area contributed by atoms with E-state index in [1.165, 1.54) is 42.3 Å². The van der Waals surface area contributed by atoms with Gasteiger partial charge in [0.05, 0.1) is 12.9 Å². The molecule has 1 heterocycles. The van der Waals surface area contributed by atoms with Crippen molar-refractivity contribution in [3.05, 3.63) is 29.6 Å². The molecule has 1 aromatic heterocycles. The predicted molar refractivity (Wildman–Crippen MR) is 91.3 cm³/mol. The number of nitrogens with one attached hydrogen (secondary N) is 1. The number of anilines is 1. The first-order chi connectivity index (χ1) is 10.8. The van der Waals surface area contributed by atoms with Gasteiger partial charge in [-0.25, -0.2) is 4.39 Å². The van der Waals surface area contributed by atoms with E-state index in [2.05, 4.69) is 15.5 Å². The number of methoxy groups -OCH3 is 1. The molecule has 0 aliphatic carbocycles. The minimum Gasteiger partial charge on any atom is -0.494 e. The number of hydrogen-bond acceptors (Lipinski definition) is 7. The average Bonchev–Trinajstić information content (AvgIpc) is 2.90. The Labute approximate surface area is 142 Å². The normalized spacial score (nSPS) is 11.3. The van der Waals surface area contributed by atoms with Crippen LogP contribution in [0, 0.1) is 5.82 Å². The number of benzene rings is 1. The third kappa shape index (κ3) is 5.18. The second-order valence-corrected chi connectivity index (χ2v) is 8.01. The van der Waals surface area contributed by atoms with Crippen LogP contribution in [-0.2, 0) is 0 Å². The van der Waals surface area contributed by atoms with Crippen molar-refractivity contribution < 1.29 is 13.9 Å². The van der Waals surface area contributed by atoms with E-state index in [1.54, 1.807) is 6.07 Å². The van der Waals surface area contributed by atoms with Gasteiger partial charge in [-0.15, -0.1) is 10.2 Å². The fourth-order valence-corrected chi connectivity index (χ4v) is 3.54. The fraction of sp³-hybridized carbons (Fsp3) is 0.400. The van der Waals surface area contributed by atoms with Crippen molar-refractivity contribution >= 4 is 34.0 Å². The molecule has 1 N–H and O–H groups in total. The van der Waals surface area contributed by atoms with E-state index in [0.29, 0.717) is 15.0 Å². The van der Waals surface area contributed by atoms with Crippen molar-refractivity contribution in [3.8, 4) is 5.75 Å². The van der Waals surface area contributed by atoms with Gasteiger partial charge in [0.2, 0.25) is 5.13 Å². The van der Waals surface area contributed by atoms with Crippen molar-refractivity contribution in [1.29, 1.82) is 0 Å². The highest BCUT2D eigenvalue weighted by atomic mass is 32.2. The van der Waals surface area contributed by atoms with Crippen LogP contribution in [0.25, 0.3) is 0 Å². The maximum absolute atomic E-state index is 13.6. The lowest BCUT2D eigenvalue weighted by Crippen LogP contribution is -2.25. The smallest absolute Gasteiger partial charge is 0.206 e. The predicted octanol–water partition coefficient (Wildman–Crippen LogP) is 3.87. The molecule has 0 atom stereocenters. The lowest BCUT2D eigenvalue weighted by atomic mass is 10.1. The van der Waals surface area contributed by atoms with Gasteiger partial charge in [-0.1, -0.05) is 23.1 Å². The molecular weight excluding hydrogens is 337 g/mol. The Morgan fingerprint density at radius 1 is 1.39 bits per heavy atom. The third-order valence-electron chi connectivity index (χ3n) is 2.69. The van der Waals surface area contributed by atoms with E-state index in [-0.39, 0.29) is 22.8 Å². The Bertz CT molecular complexity index is 698. The van der Waals surface area contributed by atoms with Gasteiger partial charge < -0.3 is 10.1 Å². The molecule has 0 saturated heterocycles. The van der Waals surface area contributed by atoms with Crippen LogP contribution in [0.2, 0.25) is 0 Å². The molecule has 124 valence electrons. The van der Waals surface area contributed by atoms with E-state index in [4.69, 9.17) is 4.74 Å². The van der Waals surface area contributed by atoms with Crippen LogP contribution in [0.5, 0.6) is 5.75 Å². The number of ketones is 1. The first-order valence-electron chi connectivity index (χ1n) is 6.90. The zero-order chi connectivity index (χ0) is 17.0. The van der Waals surface area contributed by atoms with Crippen LogP contribution in [0.4, 0.5) is 9.52 Å². The number of Topliss-reactive ketones (excluding diaryl/α,β-unsaturated/α-hetero) is 1. The van der Waals surface area contributed by atoms with E-state index >= 15 is 0 Å². The molecule has 0 unspecified atom stereocenters. The van der Waals surface area contributed by atoms with Crippen LogP contribution in [0.15, 0.2) is 22.5 Å². The Kier molecular flexibility index (Phi) is 5.59. The molecule has 2 rings (SSSR count). The standard InChI is InChI=1S/C15H18FN3O2S2/c1-15(2,3)17-13-18-19-14(23-13)22-8-11(20)9-5-6-12(21-4)10(16)7-9/h5-7H,8H2,1-4H3,(H,17,18). The summed E-state index contributed by atoms with van der Waals surface area (Å²) in [6, 6.07) is 4.19. The lowest BCUT2D eigenvalue weighted by Gasteiger charge is -2.18. The summed E-state index contributed by atoms with van der Waals surface area (Å²) >= 11 is 2.68. The number of rotatable bonds is 6. The highest BCUT2D eigenvalue weighted by Crippen LogP contribution is 2.28. The zero-order valence-corrected chi connectivity index (χ0v) is 15.0. The summed E-state index contributed by atoms with van der Waals surface area (Å²) in [6.45, 7) is 6.09. The van der Waals surface area contributed by atoms with Crippen molar-refractivity contribution in [3.63, 3.8) is 0 Å². The molecule has 0 radical (unpaired) electrons. The first kappa shape index (κ1) is 17.7. The molecule has 8 heteroatoms. The highest BCUT2D eigenvalue weighted by Gasteiger charge is 2.15. The molecule has 23 heavy (non-hydrogen) atoms. The fourth-order valence-electron chi connectivity index (χ4n) is 1.69. The molecule has 0 aliphatic heterocycles. The summed E-state index contributed by atoms with van der Waals surface area (Å²) < 4.78 is 19.2. The number of halogens is 1. The third-order valence-corrected chi connectivity index (χ3v) is 4.66. The molecule has 0 saturated carbocycles. The maximum Gasteiger partial charge on any atom is 0.206 e. The van der Waals surface area contributed by atoms with Crippen molar-refractivity contribution in [2.45, 2.75) is 30.6 Å². The highest BCUT2D eigenvalue weighted by molar-refractivity contribution is 8.01. The van der Waals surface area contributed by atoms with Crippen LogP contribution >= 0.6 is 23.1 Å². The average molecular weight is 355 g/mol. The molecule has 0 fully saturated rings. The second-order valence-electron chi connectivity index (χ2n) is 5.81. The van der Waals surface area contributed by atoms with Gasteiger partial charge in [-0.05, 0) is 39.0 Å². The monoisotopic (exact) mass is 355 g/mol. The van der Waals surface area contributed by atoms with E-state index in [1.807, 2.05) is 20.8 Å². The summed E-state index contributed by atoms with van der Waals surface area (Å²) in [5.41, 5.74) is 0.214. The maximum atomic E-state index is 13.6. The summed E-state index contributed by atoms with van der Waals surface area (Å²) in [6.07, 6.45) is 0. The molecule has 0 bridgehead atoms. The number of hydrogen-bond donors (Lipinski definition) is 1. The van der Waals surface area contributed by atoms with Crippen molar-refractivity contribution in [1.82, 2.24) is 10.2 Å². The number of nitrogens with zero attached hydrogens (tertiary/aromatic N) is 2. The molecule has 2 aromatic rings. The van der Waals surface area contributed by atoms with Gasteiger partial charge in [0.25, 0.3) is 0 Å². The molecule has 0 amide bonds. The Balaban J connectivity index is 1.95. The topological polar surface area (TPSA) is 64.1 Å². The van der Waals surface area contributed by atoms with Gasteiger partial charge in [0.1, 0.15) is 0 Å². The number of carbonyl (C=O) groups is 1. The van der Waals surface area contributed by atoms with Crippen molar-refractivity contribution in [2.24, 2.45) is 0 Å². The van der Waals surface area contributed by atoms with E-state index in [0.717, 1.165) is 0 Å².